The van der Waals surface area contributed by atoms with Gasteiger partial charge in [-0.05, 0) is 73.5 Å². The third-order valence-corrected chi connectivity index (χ3v) is 6.34. The lowest BCUT2D eigenvalue weighted by Crippen LogP contribution is -2.34. The molecular weight excluding hydrogens is 351 g/mol. The predicted octanol–water partition coefficient (Wildman–Crippen LogP) is 4.41. The minimum absolute atomic E-state index is 0.0469. The van der Waals surface area contributed by atoms with Crippen LogP contribution in [-0.4, -0.2) is 23.9 Å². The molecule has 1 saturated carbocycles. The number of carbonyl (C=O) groups excluding carboxylic acids is 1. The van der Waals surface area contributed by atoms with Crippen LogP contribution in [0.5, 0.6) is 0 Å². The van der Waals surface area contributed by atoms with Crippen molar-refractivity contribution >= 4 is 5.91 Å². The molecule has 1 heterocycles. The SMILES string of the molecule is CC1CCN(Cc2ccc(CNC(=O)C3(c4ccc(F)cc4)CC3)cc2)CC1. The Labute approximate surface area is 166 Å². The fourth-order valence-corrected chi connectivity index (χ4v) is 4.13. The van der Waals surface area contributed by atoms with E-state index in [1.165, 1.54) is 43.6 Å². The highest BCUT2D eigenvalue weighted by molar-refractivity contribution is 5.91. The summed E-state index contributed by atoms with van der Waals surface area (Å²) in [6.07, 6.45) is 4.25. The molecule has 4 heteroatoms. The standard InChI is InChI=1S/C24H29FN2O/c1-18-10-14-27(15-11-18)17-20-4-2-19(3-5-20)16-26-23(28)24(12-13-24)21-6-8-22(25)9-7-21/h2-9,18H,10-17H2,1H3,(H,26,28). The lowest BCUT2D eigenvalue weighted by molar-refractivity contribution is -0.123. The van der Waals surface area contributed by atoms with Crippen LogP contribution in [0.15, 0.2) is 48.5 Å². The minimum atomic E-state index is -0.459. The van der Waals surface area contributed by atoms with Gasteiger partial charge in [-0.25, -0.2) is 4.39 Å². The molecule has 0 unspecified atom stereocenters. The second kappa shape index (κ2) is 8.04. The molecule has 4 rings (SSSR count). The van der Waals surface area contributed by atoms with Crippen LogP contribution in [0, 0.1) is 11.7 Å². The van der Waals surface area contributed by atoms with Gasteiger partial charge in [-0.2, -0.15) is 0 Å². The highest BCUT2D eigenvalue weighted by Crippen LogP contribution is 2.48. The molecule has 28 heavy (non-hydrogen) atoms. The summed E-state index contributed by atoms with van der Waals surface area (Å²) in [5.41, 5.74) is 2.89. The van der Waals surface area contributed by atoms with Crippen LogP contribution in [0.2, 0.25) is 0 Å². The molecule has 1 aliphatic heterocycles. The predicted molar refractivity (Wildman–Crippen MR) is 109 cm³/mol. The Balaban J connectivity index is 1.30. The van der Waals surface area contributed by atoms with E-state index in [9.17, 15) is 9.18 Å². The number of benzene rings is 2. The van der Waals surface area contributed by atoms with Gasteiger partial charge in [0.15, 0.2) is 0 Å². The van der Waals surface area contributed by atoms with E-state index in [-0.39, 0.29) is 11.7 Å². The van der Waals surface area contributed by atoms with Gasteiger partial charge in [0.1, 0.15) is 5.82 Å². The van der Waals surface area contributed by atoms with Gasteiger partial charge >= 0.3 is 0 Å². The van der Waals surface area contributed by atoms with Crippen molar-refractivity contribution in [3.8, 4) is 0 Å². The maximum atomic E-state index is 13.2. The molecular formula is C24H29FN2O. The van der Waals surface area contributed by atoms with Crippen molar-refractivity contribution in [1.82, 2.24) is 10.2 Å². The fourth-order valence-electron chi connectivity index (χ4n) is 4.13. The van der Waals surface area contributed by atoms with Crippen molar-refractivity contribution in [2.24, 2.45) is 5.92 Å². The van der Waals surface area contributed by atoms with E-state index in [0.29, 0.717) is 6.54 Å². The van der Waals surface area contributed by atoms with E-state index in [0.717, 1.165) is 36.4 Å². The fraction of sp³-hybridized carbons (Fsp3) is 0.458. The zero-order valence-electron chi connectivity index (χ0n) is 16.6. The van der Waals surface area contributed by atoms with E-state index in [1.807, 2.05) is 0 Å². The summed E-state index contributed by atoms with van der Waals surface area (Å²) in [5.74, 6) is 0.636. The normalized spacial score (nSPS) is 19.4. The molecule has 0 bridgehead atoms. The van der Waals surface area contributed by atoms with Crippen molar-refractivity contribution in [2.75, 3.05) is 13.1 Å². The van der Waals surface area contributed by atoms with Gasteiger partial charge in [-0.1, -0.05) is 43.3 Å². The highest BCUT2D eigenvalue weighted by atomic mass is 19.1. The molecule has 0 aromatic heterocycles. The molecule has 2 aromatic rings. The van der Waals surface area contributed by atoms with Crippen LogP contribution in [0.25, 0.3) is 0 Å². The smallest absolute Gasteiger partial charge is 0.230 e. The molecule has 0 radical (unpaired) electrons. The van der Waals surface area contributed by atoms with Gasteiger partial charge in [0.25, 0.3) is 0 Å². The van der Waals surface area contributed by atoms with Gasteiger partial charge < -0.3 is 5.32 Å². The number of nitrogens with one attached hydrogen (secondary N) is 1. The number of likely N-dealkylation sites (tertiary alicyclic amines) is 1. The Hall–Kier alpha value is -2.20. The van der Waals surface area contributed by atoms with Gasteiger partial charge in [0.2, 0.25) is 5.91 Å². The number of hydrogen-bond acceptors (Lipinski definition) is 2. The lowest BCUT2D eigenvalue weighted by atomic mass is 9.95. The van der Waals surface area contributed by atoms with Crippen molar-refractivity contribution in [2.45, 2.75) is 51.1 Å². The molecule has 2 aliphatic rings. The monoisotopic (exact) mass is 380 g/mol. The first kappa shape index (κ1) is 19.1. The first-order valence-corrected chi connectivity index (χ1v) is 10.4. The van der Waals surface area contributed by atoms with Gasteiger partial charge in [-0.15, -0.1) is 0 Å². The zero-order chi connectivity index (χ0) is 19.6. The number of halogens is 1. The Kier molecular flexibility index (Phi) is 5.49. The van der Waals surface area contributed by atoms with Crippen LogP contribution in [0.4, 0.5) is 4.39 Å². The molecule has 2 fully saturated rings. The van der Waals surface area contributed by atoms with Crippen molar-refractivity contribution in [1.29, 1.82) is 0 Å². The summed E-state index contributed by atoms with van der Waals surface area (Å²) >= 11 is 0. The first-order valence-electron chi connectivity index (χ1n) is 10.4. The Morgan fingerprint density at radius 2 is 1.64 bits per heavy atom. The summed E-state index contributed by atoms with van der Waals surface area (Å²) in [6.45, 7) is 6.24. The Morgan fingerprint density at radius 3 is 2.25 bits per heavy atom. The maximum absolute atomic E-state index is 13.2. The molecule has 3 nitrogen and oxygen atoms in total. The number of hydrogen-bond donors (Lipinski definition) is 1. The van der Waals surface area contributed by atoms with E-state index >= 15 is 0 Å². The molecule has 1 amide bonds. The summed E-state index contributed by atoms with van der Waals surface area (Å²) in [5, 5.41) is 3.08. The van der Waals surface area contributed by atoms with E-state index in [4.69, 9.17) is 0 Å². The minimum Gasteiger partial charge on any atom is -0.351 e. The lowest BCUT2D eigenvalue weighted by Gasteiger charge is -2.30. The third-order valence-electron chi connectivity index (χ3n) is 6.34. The highest BCUT2D eigenvalue weighted by Gasteiger charge is 2.51. The summed E-state index contributed by atoms with van der Waals surface area (Å²) in [7, 11) is 0. The molecule has 1 saturated heterocycles. The number of carbonyl (C=O) groups is 1. The number of rotatable bonds is 6. The second-order valence-electron chi connectivity index (χ2n) is 8.55. The summed E-state index contributed by atoms with van der Waals surface area (Å²) in [4.78, 5) is 15.3. The summed E-state index contributed by atoms with van der Waals surface area (Å²) < 4.78 is 13.2. The molecule has 148 valence electrons. The molecule has 1 aliphatic carbocycles. The summed E-state index contributed by atoms with van der Waals surface area (Å²) in [6, 6.07) is 14.9. The van der Waals surface area contributed by atoms with Gasteiger partial charge in [0.05, 0.1) is 5.41 Å². The van der Waals surface area contributed by atoms with E-state index < -0.39 is 5.41 Å². The quantitative estimate of drug-likeness (QED) is 0.805. The van der Waals surface area contributed by atoms with Crippen LogP contribution in [-0.2, 0) is 23.3 Å². The molecule has 0 spiro atoms. The van der Waals surface area contributed by atoms with Crippen LogP contribution < -0.4 is 5.32 Å². The van der Waals surface area contributed by atoms with Crippen molar-refractivity contribution < 1.29 is 9.18 Å². The average molecular weight is 381 g/mol. The Morgan fingerprint density at radius 1 is 1.04 bits per heavy atom. The number of piperidine rings is 1. The van der Waals surface area contributed by atoms with Crippen LogP contribution in [0.1, 0.15) is 49.3 Å². The number of amides is 1. The molecule has 2 aromatic carbocycles. The van der Waals surface area contributed by atoms with Gasteiger partial charge in [-0.3, -0.25) is 9.69 Å². The maximum Gasteiger partial charge on any atom is 0.230 e. The van der Waals surface area contributed by atoms with Crippen molar-refractivity contribution in [3.05, 3.63) is 71.0 Å². The van der Waals surface area contributed by atoms with E-state index in [2.05, 4.69) is 41.4 Å². The van der Waals surface area contributed by atoms with Crippen LogP contribution in [0.3, 0.4) is 0 Å². The van der Waals surface area contributed by atoms with Crippen LogP contribution >= 0.6 is 0 Å². The zero-order valence-corrected chi connectivity index (χ0v) is 16.6. The Bertz CT molecular complexity index is 804. The second-order valence-corrected chi connectivity index (χ2v) is 8.55. The largest absolute Gasteiger partial charge is 0.351 e. The van der Waals surface area contributed by atoms with Gasteiger partial charge in [0, 0.05) is 13.1 Å². The number of nitrogens with zero attached hydrogens (tertiary/aromatic N) is 1. The topological polar surface area (TPSA) is 32.3 Å². The first-order chi connectivity index (χ1) is 13.5. The molecule has 0 atom stereocenters. The molecule has 1 N–H and O–H groups in total. The van der Waals surface area contributed by atoms with E-state index in [1.54, 1.807) is 12.1 Å². The average Bonchev–Trinajstić information content (AvgIpc) is 3.51. The third kappa shape index (κ3) is 4.27. The van der Waals surface area contributed by atoms with Crippen molar-refractivity contribution in [3.63, 3.8) is 0 Å².